The second kappa shape index (κ2) is 8.36. The van der Waals surface area contributed by atoms with Crippen LogP contribution in [0.15, 0.2) is 52.9 Å². The summed E-state index contributed by atoms with van der Waals surface area (Å²) in [6.45, 7) is 1.43. The second-order valence-corrected chi connectivity index (χ2v) is 6.23. The summed E-state index contributed by atoms with van der Waals surface area (Å²) in [7, 11) is 0. The maximum Gasteiger partial charge on any atom is 0.270 e. The van der Waals surface area contributed by atoms with E-state index in [1.165, 1.54) is 11.8 Å². The molecule has 1 N–H and O–H groups in total. The van der Waals surface area contributed by atoms with E-state index < -0.39 is 5.56 Å². The van der Waals surface area contributed by atoms with Crippen LogP contribution in [-0.2, 0) is 6.54 Å². The maximum atomic E-state index is 12.0. The molecule has 3 aromatic rings. The lowest BCUT2D eigenvalue weighted by molar-refractivity contribution is 0.302. The first-order chi connectivity index (χ1) is 12.7. The van der Waals surface area contributed by atoms with Crippen LogP contribution in [0, 0.1) is 11.3 Å². The Morgan fingerprint density at radius 2 is 2.15 bits per heavy atom. The summed E-state index contributed by atoms with van der Waals surface area (Å²) in [5.41, 5.74) is 0.666. The number of aromatic amines is 1. The average molecular weight is 367 g/mol. The van der Waals surface area contributed by atoms with Crippen molar-refractivity contribution in [2.45, 2.75) is 18.1 Å². The van der Waals surface area contributed by atoms with E-state index in [1.54, 1.807) is 24.7 Å². The minimum atomic E-state index is -0.429. The molecule has 0 aliphatic carbocycles. The average Bonchev–Trinajstić information content (AvgIpc) is 3.18. The van der Waals surface area contributed by atoms with Crippen molar-refractivity contribution < 1.29 is 4.74 Å². The van der Waals surface area contributed by atoms with Crippen LogP contribution in [0.1, 0.15) is 12.0 Å². The molecule has 0 aliphatic heterocycles. The van der Waals surface area contributed by atoms with Gasteiger partial charge >= 0.3 is 0 Å². The van der Waals surface area contributed by atoms with Gasteiger partial charge in [0.25, 0.3) is 5.56 Å². The van der Waals surface area contributed by atoms with Crippen molar-refractivity contribution >= 4 is 11.8 Å². The van der Waals surface area contributed by atoms with Crippen molar-refractivity contribution in [2.75, 3.05) is 12.9 Å². The number of H-pyrrole nitrogens is 1. The number of nitrogens with one attached hydrogen (secondary N) is 1. The highest BCUT2D eigenvalue weighted by Crippen LogP contribution is 2.23. The van der Waals surface area contributed by atoms with Crippen LogP contribution in [0.3, 0.4) is 0 Å². The molecule has 0 fully saturated rings. The minimum absolute atomic E-state index is 0.0109. The van der Waals surface area contributed by atoms with Gasteiger partial charge in [0.05, 0.1) is 18.6 Å². The fraction of sp³-hybridized carbons (Fsp3) is 0.222. The van der Waals surface area contributed by atoms with Crippen molar-refractivity contribution in [2.24, 2.45) is 0 Å². The minimum Gasteiger partial charge on any atom is -0.494 e. The second-order valence-electron chi connectivity index (χ2n) is 5.44. The largest absolute Gasteiger partial charge is 0.494 e. The number of imidazole rings is 1. The van der Waals surface area contributed by atoms with E-state index in [1.807, 2.05) is 35.2 Å². The highest BCUT2D eigenvalue weighted by Gasteiger charge is 2.13. The number of ether oxygens (including phenoxy) is 1. The third-order valence-corrected chi connectivity index (χ3v) is 4.30. The molecule has 0 atom stereocenters. The first-order valence-corrected chi connectivity index (χ1v) is 9.21. The van der Waals surface area contributed by atoms with Gasteiger partial charge in [0.2, 0.25) is 0 Å². The van der Waals surface area contributed by atoms with Gasteiger partial charge in [0, 0.05) is 24.5 Å². The van der Waals surface area contributed by atoms with Crippen LogP contribution in [0.25, 0.3) is 11.3 Å². The van der Waals surface area contributed by atoms with Crippen LogP contribution in [0.5, 0.6) is 5.75 Å². The molecule has 2 aromatic heterocycles. The highest BCUT2D eigenvalue weighted by atomic mass is 32.2. The Morgan fingerprint density at radius 3 is 2.81 bits per heavy atom. The molecule has 0 saturated carbocycles. The molecule has 7 nitrogen and oxygen atoms in total. The normalized spacial score (nSPS) is 10.5. The summed E-state index contributed by atoms with van der Waals surface area (Å²) in [4.78, 5) is 22.9. The Morgan fingerprint density at radius 1 is 1.35 bits per heavy atom. The van der Waals surface area contributed by atoms with Crippen molar-refractivity contribution in [3.05, 3.63) is 58.9 Å². The zero-order valence-corrected chi connectivity index (χ0v) is 15.0. The van der Waals surface area contributed by atoms with Gasteiger partial charge in [0.1, 0.15) is 17.4 Å². The van der Waals surface area contributed by atoms with E-state index in [0.29, 0.717) is 23.0 Å². The molecule has 0 saturated heterocycles. The van der Waals surface area contributed by atoms with E-state index in [0.717, 1.165) is 18.7 Å². The molecule has 0 bridgehead atoms. The van der Waals surface area contributed by atoms with Crippen molar-refractivity contribution in [1.82, 2.24) is 19.5 Å². The molecule has 132 valence electrons. The van der Waals surface area contributed by atoms with E-state index in [-0.39, 0.29) is 5.56 Å². The zero-order chi connectivity index (χ0) is 18.4. The Kier molecular flexibility index (Phi) is 5.71. The molecule has 2 heterocycles. The van der Waals surface area contributed by atoms with Gasteiger partial charge in [-0.1, -0.05) is 11.8 Å². The fourth-order valence-electron chi connectivity index (χ4n) is 2.43. The number of nitrogens with zero attached hydrogens (tertiary/aromatic N) is 4. The summed E-state index contributed by atoms with van der Waals surface area (Å²) in [6.07, 6.45) is 8.12. The predicted octanol–water partition coefficient (Wildman–Crippen LogP) is 2.70. The quantitative estimate of drug-likeness (QED) is 0.392. The third-order valence-electron chi connectivity index (χ3n) is 3.72. The molecule has 1 aromatic carbocycles. The number of hydrogen-bond acceptors (Lipinski definition) is 6. The monoisotopic (exact) mass is 367 g/mol. The van der Waals surface area contributed by atoms with Crippen molar-refractivity contribution in [3.8, 4) is 23.1 Å². The van der Waals surface area contributed by atoms with Gasteiger partial charge in [-0.25, -0.2) is 9.97 Å². The van der Waals surface area contributed by atoms with Crippen LogP contribution in [0.2, 0.25) is 0 Å². The summed E-state index contributed by atoms with van der Waals surface area (Å²) < 4.78 is 7.73. The van der Waals surface area contributed by atoms with Gasteiger partial charge in [-0.3, -0.25) is 4.79 Å². The fourth-order valence-corrected chi connectivity index (χ4v) is 2.80. The lowest BCUT2D eigenvalue weighted by Crippen LogP contribution is -2.14. The van der Waals surface area contributed by atoms with Gasteiger partial charge in [0.15, 0.2) is 5.16 Å². The third kappa shape index (κ3) is 4.13. The zero-order valence-electron chi connectivity index (χ0n) is 14.2. The Hall–Kier alpha value is -3.05. The SMILES string of the molecule is CSc1nc(-c2ccc(OCCCn3ccnc3)cc2)c(C#N)c(=O)[nH]1. The predicted molar refractivity (Wildman–Crippen MR) is 99.1 cm³/mol. The van der Waals surface area contributed by atoms with E-state index >= 15 is 0 Å². The molecule has 26 heavy (non-hydrogen) atoms. The van der Waals surface area contributed by atoms with Crippen LogP contribution in [0.4, 0.5) is 0 Å². The summed E-state index contributed by atoms with van der Waals surface area (Å²) >= 11 is 1.32. The first-order valence-electron chi connectivity index (χ1n) is 7.98. The standard InChI is InChI=1S/C18H17N5O2S/c1-26-18-21-16(15(11-19)17(24)22-18)13-3-5-14(6-4-13)25-10-2-8-23-9-7-20-12-23/h3-7,9,12H,2,8,10H2,1H3,(H,21,22,24). The number of rotatable bonds is 7. The summed E-state index contributed by atoms with van der Waals surface area (Å²) in [5.74, 6) is 0.729. The van der Waals surface area contributed by atoms with Gasteiger partial charge < -0.3 is 14.3 Å². The molecule has 0 spiro atoms. The van der Waals surface area contributed by atoms with Gasteiger partial charge in [-0.2, -0.15) is 5.26 Å². The number of nitriles is 1. The summed E-state index contributed by atoms with van der Waals surface area (Å²) in [6, 6.07) is 9.17. The van der Waals surface area contributed by atoms with Crippen LogP contribution >= 0.6 is 11.8 Å². The van der Waals surface area contributed by atoms with Crippen LogP contribution < -0.4 is 10.3 Å². The number of hydrogen-bond donors (Lipinski definition) is 1. The molecule has 0 unspecified atom stereocenters. The Bertz CT molecular complexity index is 959. The lowest BCUT2D eigenvalue weighted by atomic mass is 10.1. The number of aryl methyl sites for hydroxylation is 1. The molecular formula is C18H17N5O2S. The number of aromatic nitrogens is 4. The van der Waals surface area contributed by atoms with E-state index in [2.05, 4.69) is 15.0 Å². The summed E-state index contributed by atoms with van der Waals surface area (Å²) in [5, 5.41) is 9.73. The van der Waals surface area contributed by atoms with E-state index in [4.69, 9.17) is 4.74 Å². The van der Waals surface area contributed by atoms with Gasteiger partial charge in [-0.05, 0) is 36.9 Å². The van der Waals surface area contributed by atoms with Crippen LogP contribution in [-0.4, -0.2) is 32.4 Å². The number of benzene rings is 1. The Labute approximate surface area is 154 Å². The molecule has 8 heteroatoms. The lowest BCUT2D eigenvalue weighted by Gasteiger charge is -2.08. The first kappa shape index (κ1) is 17.8. The molecule has 0 radical (unpaired) electrons. The number of thioether (sulfide) groups is 1. The molecular weight excluding hydrogens is 350 g/mol. The molecule has 3 rings (SSSR count). The highest BCUT2D eigenvalue weighted by molar-refractivity contribution is 7.98. The molecule has 0 amide bonds. The topological polar surface area (TPSA) is 96.6 Å². The van der Waals surface area contributed by atoms with E-state index in [9.17, 15) is 10.1 Å². The van der Waals surface area contributed by atoms with Crippen molar-refractivity contribution in [1.29, 1.82) is 5.26 Å². The molecule has 0 aliphatic rings. The van der Waals surface area contributed by atoms with Crippen molar-refractivity contribution in [3.63, 3.8) is 0 Å². The maximum absolute atomic E-state index is 12.0. The Balaban J connectivity index is 1.69. The smallest absolute Gasteiger partial charge is 0.270 e. The van der Waals surface area contributed by atoms with Gasteiger partial charge in [-0.15, -0.1) is 0 Å².